The fourth-order valence-electron chi connectivity index (χ4n) is 1.81. The van der Waals surface area contributed by atoms with E-state index in [0.717, 1.165) is 12.2 Å². The third kappa shape index (κ3) is 5.35. The molecule has 128 valence electrons. The van der Waals surface area contributed by atoms with Crippen LogP contribution in [0, 0.1) is 0 Å². The molecule has 0 aromatic heterocycles. The summed E-state index contributed by atoms with van der Waals surface area (Å²) in [6, 6.07) is 5.59. The van der Waals surface area contributed by atoms with E-state index in [1.807, 2.05) is 0 Å². The Morgan fingerprint density at radius 3 is 2.00 bits per heavy atom. The summed E-state index contributed by atoms with van der Waals surface area (Å²) in [5, 5.41) is 0. The lowest BCUT2D eigenvalue weighted by Crippen LogP contribution is -2.36. The van der Waals surface area contributed by atoms with Gasteiger partial charge in [-0.1, -0.05) is 0 Å². The van der Waals surface area contributed by atoms with E-state index in [1.54, 1.807) is 13.8 Å². The minimum Gasteiger partial charge on any atom is -0.466 e. The van der Waals surface area contributed by atoms with Crippen molar-refractivity contribution in [1.82, 2.24) is 4.90 Å². The van der Waals surface area contributed by atoms with Gasteiger partial charge in [-0.2, -0.15) is 0 Å². The van der Waals surface area contributed by atoms with E-state index in [-0.39, 0.29) is 11.3 Å². The molecule has 24 heavy (non-hydrogen) atoms. The lowest BCUT2D eigenvalue weighted by atomic mass is 10.1. The van der Waals surface area contributed by atoms with Gasteiger partial charge in [0.2, 0.25) is 5.78 Å². The number of likely N-dealkylation sites (N-methyl/N-ethyl adjacent to an activating group) is 1. The van der Waals surface area contributed by atoms with Gasteiger partial charge >= 0.3 is 11.9 Å². The quantitative estimate of drug-likeness (QED) is 0.246. The van der Waals surface area contributed by atoms with Gasteiger partial charge in [0.1, 0.15) is 5.75 Å². The number of hydrogen-bond donors (Lipinski definition) is 0. The summed E-state index contributed by atoms with van der Waals surface area (Å²) in [5.41, 5.74) is 0.205. The molecule has 0 unspecified atom stereocenters. The Labute approximate surface area is 139 Å². The largest absolute Gasteiger partial charge is 0.466 e. The van der Waals surface area contributed by atoms with Crippen molar-refractivity contribution in [3.05, 3.63) is 42.0 Å². The molecular weight excluding hydrogens is 314 g/mol. The van der Waals surface area contributed by atoms with Crippen LogP contribution in [0.15, 0.2) is 36.4 Å². The summed E-state index contributed by atoms with van der Waals surface area (Å²) in [4.78, 5) is 47.8. The fourth-order valence-corrected chi connectivity index (χ4v) is 1.81. The first-order valence-corrected chi connectivity index (χ1v) is 7.34. The summed E-state index contributed by atoms with van der Waals surface area (Å²) in [6.07, 6.45) is 1.86. The van der Waals surface area contributed by atoms with Crippen LogP contribution in [-0.4, -0.2) is 48.7 Å². The van der Waals surface area contributed by atoms with Crippen LogP contribution in [0.2, 0.25) is 0 Å². The molecule has 0 aliphatic carbocycles. The molecule has 1 aromatic rings. The highest BCUT2D eigenvalue weighted by Gasteiger charge is 2.20. The topological polar surface area (TPSA) is 90.0 Å². The van der Waals surface area contributed by atoms with Crippen molar-refractivity contribution in [3.8, 4) is 5.75 Å². The van der Waals surface area contributed by atoms with Crippen LogP contribution in [-0.2, 0) is 19.1 Å². The van der Waals surface area contributed by atoms with Crippen LogP contribution in [0.4, 0.5) is 0 Å². The van der Waals surface area contributed by atoms with E-state index in [4.69, 9.17) is 4.74 Å². The number of hydrogen-bond acceptors (Lipinski definition) is 6. The predicted octanol–water partition coefficient (Wildman–Crippen LogP) is 1.37. The molecule has 7 heteroatoms. The molecule has 1 amide bonds. The van der Waals surface area contributed by atoms with Crippen LogP contribution in [0.5, 0.6) is 5.75 Å². The van der Waals surface area contributed by atoms with Gasteiger partial charge < -0.3 is 14.4 Å². The normalized spacial score (nSPS) is 10.3. The molecule has 0 saturated heterocycles. The molecule has 0 N–H and O–H groups in total. The zero-order valence-electron chi connectivity index (χ0n) is 13.8. The zero-order valence-corrected chi connectivity index (χ0v) is 13.8. The van der Waals surface area contributed by atoms with Gasteiger partial charge in [0.25, 0.3) is 5.91 Å². The number of rotatable bonds is 7. The van der Waals surface area contributed by atoms with E-state index in [0.29, 0.717) is 13.1 Å². The second-order valence-corrected chi connectivity index (χ2v) is 4.61. The molecule has 0 bridgehead atoms. The van der Waals surface area contributed by atoms with Gasteiger partial charge in [-0.05, 0) is 38.1 Å². The standard InChI is InChI=1S/C17H19NO6/c1-4-18(5-2)17(22)16(21)12-6-8-13(9-7-12)24-15(20)11-10-14(19)23-3/h6-11H,4-5H2,1-3H3/b11-10+. The summed E-state index contributed by atoms with van der Waals surface area (Å²) >= 11 is 0. The summed E-state index contributed by atoms with van der Waals surface area (Å²) in [6.45, 7) is 4.48. The number of ketones is 1. The van der Waals surface area contributed by atoms with Crippen molar-refractivity contribution in [2.24, 2.45) is 0 Å². The first-order chi connectivity index (χ1) is 11.4. The number of benzene rings is 1. The predicted molar refractivity (Wildman–Crippen MR) is 85.5 cm³/mol. The highest BCUT2D eigenvalue weighted by atomic mass is 16.5. The fraction of sp³-hybridized carbons (Fsp3) is 0.294. The molecular formula is C17H19NO6. The lowest BCUT2D eigenvalue weighted by Gasteiger charge is -2.17. The molecule has 0 spiro atoms. The number of carbonyl (C=O) groups excluding carboxylic acids is 4. The van der Waals surface area contributed by atoms with Crippen molar-refractivity contribution in [2.45, 2.75) is 13.8 Å². The third-order valence-corrected chi connectivity index (χ3v) is 3.14. The number of methoxy groups -OCH3 is 1. The Bertz CT molecular complexity index is 644. The molecule has 0 aliphatic heterocycles. The molecule has 0 fully saturated rings. The first kappa shape index (κ1) is 19.1. The van der Waals surface area contributed by atoms with Gasteiger partial charge in [0, 0.05) is 30.8 Å². The Morgan fingerprint density at radius 2 is 1.50 bits per heavy atom. The van der Waals surface area contributed by atoms with Crippen LogP contribution in [0.25, 0.3) is 0 Å². The number of Topliss-reactive ketones (excluding diaryl/α,β-unsaturated/α-hetero) is 1. The smallest absolute Gasteiger partial charge is 0.336 e. The van der Waals surface area contributed by atoms with E-state index >= 15 is 0 Å². The lowest BCUT2D eigenvalue weighted by molar-refractivity contribution is -0.135. The van der Waals surface area contributed by atoms with Gasteiger partial charge in [-0.15, -0.1) is 0 Å². The highest BCUT2D eigenvalue weighted by molar-refractivity contribution is 6.42. The monoisotopic (exact) mass is 333 g/mol. The van der Waals surface area contributed by atoms with Crippen LogP contribution in [0.1, 0.15) is 24.2 Å². The van der Waals surface area contributed by atoms with Crippen molar-refractivity contribution >= 4 is 23.6 Å². The Morgan fingerprint density at radius 1 is 0.958 bits per heavy atom. The Balaban J connectivity index is 2.74. The van der Waals surface area contributed by atoms with E-state index in [2.05, 4.69) is 4.74 Å². The van der Waals surface area contributed by atoms with Gasteiger partial charge in [-0.3, -0.25) is 9.59 Å². The molecule has 0 saturated carbocycles. The maximum atomic E-state index is 12.1. The number of esters is 2. The minimum absolute atomic E-state index is 0.182. The summed E-state index contributed by atoms with van der Waals surface area (Å²) < 4.78 is 9.30. The van der Waals surface area contributed by atoms with E-state index < -0.39 is 23.6 Å². The maximum Gasteiger partial charge on any atom is 0.336 e. The number of ether oxygens (including phenoxy) is 2. The number of carbonyl (C=O) groups is 4. The molecule has 1 aromatic carbocycles. The van der Waals surface area contributed by atoms with Gasteiger partial charge in [0.05, 0.1) is 7.11 Å². The van der Waals surface area contributed by atoms with Crippen LogP contribution >= 0.6 is 0 Å². The minimum atomic E-state index is -0.765. The zero-order chi connectivity index (χ0) is 18.1. The van der Waals surface area contributed by atoms with Crippen molar-refractivity contribution < 1.29 is 28.7 Å². The van der Waals surface area contributed by atoms with Gasteiger partial charge in [-0.25, -0.2) is 9.59 Å². The molecule has 1 rings (SSSR count). The highest BCUT2D eigenvalue weighted by Crippen LogP contribution is 2.14. The van der Waals surface area contributed by atoms with Crippen LogP contribution < -0.4 is 4.74 Å². The molecule has 0 atom stereocenters. The average molecular weight is 333 g/mol. The molecule has 0 radical (unpaired) electrons. The van der Waals surface area contributed by atoms with Gasteiger partial charge in [0.15, 0.2) is 0 Å². The Kier molecular flexibility index (Phi) is 7.35. The second-order valence-electron chi connectivity index (χ2n) is 4.61. The molecule has 0 heterocycles. The van der Waals surface area contributed by atoms with Crippen LogP contribution in [0.3, 0.4) is 0 Å². The summed E-state index contributed by atoms with van der Waals surface area (Å²) in [7, 11) is 1.19. The molecule has 0 aliphatic rings. The first-order valence-electron chi connectivity index (χ1n) is 7.34. The molecule has 7 nitrogen and oxygen atoms in total. The van der Waals surface area contributed by atoms with E-state index in [1.165, 1.54) is 36.3 Å². The summed E-state index contributed by atoms with van der Waals surface area (Å²) in [5.74, 6) is -2.46. The average Bonchev–Trinajstić information content (AvgIpc) is 2.60. The van der Waals surface area contributed by atoms with E-state index in [9.17, 15) is 19.2 Å². The number of amides is 1. The third-order valence-electron chi connectivity index (χ3n) is 3.14. The maximum absolute atomic E-state index is 12.1. The van der Waals surface area contributed by atoms with Crippen molar-refractivity contribution in [2.75, 3.05) is 20.2 Å². The SMILES string of the molecule is CCN(CC)C(=O)C(=O)c1ccc(OC(=O)/C=C/C(=O)OC)cc1. The Hall–Kier alpha value is -2.96. The number of nitrogens with zero attached hydrogens (tertiary/aromatic N) is 1. The van der Waals surface area contributed by atoms with Crippen molar-refractivity contribution in [3.63, 3.8) is 0 Å². The second kappa shape index (κ2) is 9.24. The van der Waals surface area contributed by atoms with Crippen molar-refractivity contribution in [1.29, 1.82) is 0 Å².